The molecular formula is C15H17N3O4S2. The van der Waals surface area contributed by atoms with Crippen LogP contribution in [-0.4, -0.2) is 29.9 Å². The monoisotopic (exact) mass is 367 g/mol. The molecule has 0 fully saturated rings. The zero-order chi connectivity index (χ0) is 17.5. The second-order valence-electron chi connectivity index (χ2n) is 5.41. The maximum atomic E-state index is 12.8. The van der Waals surface area contributed by atoms with Gasteiger partial charge in [-0.3, -0.25) is 0 Å². The highest BCUT2D eigenvalue weighted by molar-refractivity contribution is 7.89. The summed E-state index contributed by atoms with van der Waals surface area (Å²) in [5.41, 5.74) is 0.923. The van der Waals surface area contributed by atoms with Gasteiger partial charge in [0.1, 0.15) is 16.3 Å². The van der Waals surface area contributed by atoms with Gasteiger partial charge in [-0.2, -0.15) is 4.31 Å². The van der Waals surface area contributed by atoms with E-state index in [1.54, 1.807) is 20.8 Å². The van der Waals surface area contributed by atoms with Crippen LogP contribution in [0.5, 0.6) is 0 Å². The Morgan fingerprint density at radius 2 is 2.00 bits per heavy atom. The molecule has 0 aliphatic rings. The minimum atomic E-state index is -3.72. The van der Waals surface area contributed by atoms with Gasteiger partial charge in [0.2, 0.25) is 15.9 Å². The largest absolute Gasteiger partial charge is 0.440 e. The highest BCUT2D eigenvalue weighted by Gasteiger charge is 2.29. The standard InChI is InChI=1S/C15H17N3O4S2/c1-9-14(11(3)22-17-9)24(19,20)18(4)8-12-10(2)21-15(16-12)13-6-5-7-23-13/h5-7H,8H2,1-4H3. The molecule has 0 bridgehead atoms. The minimum Gasteiger partial charge on any atom is -0.440 e. The SMILES string of the molecule is Cc1noc(C)c1S(=O)(=O)N(C)Cc1nc(-c2cccs2)oc1C. The lowest BCUT2D eigenvalue weighted by Gasteiger charge is -2.15. The van der Waals surface area contributed by atoms with Crippen molar-refractivity contribution in [1.29, 1.82) is 0 Å². The van der Waals surface area contributed by atoms with Crippen molar-refractivity contribution in [2.75, 3.05) is 7.05 Å². The van der Waals surface area contributed by atoms with E-state index in [4.69, 9.17) is 8.94 Å². The van der Waals surface area contributed by atoms with Crippen LogP contribution in [0.25, 0.3) is 10.8 Å². The zero-order valence-electron chi connectivity index (χ0n) is 13.7. The second kappa shape index (κ2) is 6.15. The molecule has 128 valence electrons. The third kappa shape index (κ3) is 2.90. The molecule has 0 N–H and O–H groups in total. The molecular weight excluding hydrogens is 350 g/mol. The first-order chi connectivity index (χ1) is 11.3. The van der Waals surface area contributed by atoms with E-state index in [-0.39, 0.29) is 17.2 Å². The molecule has 3 heterocycles. The number of oxazole rings is 1. The van der Waals surface area contributed by atoms with Crippen molar-refractivity contribution in [2.45, 2.75) is 32.2 Å². The van der Waals surface area contributed by atoms with Crippen molar-refractivity contribution >= 4 is 21.4 Å². The first-order valence-electron chi connectivity index (χ1n) is 7.20. The molecule has 3 aromatic heterocycles. The molecule has 0 radical (unpaired) electrons. The van der Waals surface area contributed by atoms with Crippen LogP contribution < -0.4 is 0 Å². The topological polar surface area (TPSA) is 89.4 Å². The van der Waals surface area contributed by atoms with E-state index in [1.165, 1.54) is 22.7 Å². The Hall–Kier alpha value is -1.97. The summed E-state index contributed by atoms with van der Waals surface area (Å²) in [6.07, 6.45) is 0. The van der Waals surface area contributed by atoms with Crippen LogP contribution in [-0.2, 0) is 16.6 Å². The summed E-state index contributed by atoms with van der Waals surface area (Å²) in [4.78, 5) is 5.44. The summed E-state index contributed by atoms with van der Waals surface area (Å²) in [6, 6.07) is 3.82. The average molecular weight is 367 g/mol. The number of hydrogen-bond acceptors (Lipinski definition) is 7. The summed E-state index contributed by atoms with van der Waals surface area (Å²) in [5, 5.41) is 5.65. The van der Waals surface area contributed by atoms with Crippen molar-refractivity contribution in [2.24, 2.45) is 0 Å². The highest BCUT2D eigenvalue weighted by atomic mass is 32.2. The smallest absolute Gasteiger partial charge is 0.248 e. The summed E-state index contributed by atoms with van der Waals surface area (Å²) in [7, 11) is -2.22. The lowest BCUT2D eigenvalue weighted by Crippen LogP contribution is -2.27. The third-order valence-corrected chi connectivity index (χ3v) is 6.54. The van der Waals surface area contributed by atoms with E-state index in [0.29, 0.717) is 23.0 Å². The molecule has 0 atom stereocenters. The second-order valence-corrected chi connectivity index (χ2v) is 8.34. The van der Waals surface area contributed by atoms with E-state index in [2.05, 4.69) is 10.1 Å². The number of hydrogen-bond donors (Lipinski definition) is 0. The Morgan fingerprint density at radius 1 is 1.25 bits per heavy atom. The van der Waals surface area contributed by atoms with Gasteiger partial charge in [-0.25, -0.2) is 13.4 Å². The molecule has 24 heavy (non-hydrogen) atoms. The predicted molar refractivity (Wildman–Crippen MR) is 89.2 cm³/mol. The lowest BCUT2D eigenvalue weighted by atomic mass is 10.4. The van der Waals surface area contributed by atoms with E-state index < -0.39 is 10.0 Å². The maximum Gasteiger partial charge on any atom is 0.248 e. The molecule has 0 spiro atoms. The van der Waals surface area contributed by atoms with Gasteiger partial charge in [-0.1, -0.05) is 11.2 Å². The molecule has 0 amide bonds. The van der Waals surface area contributed by atoms with Gasteiger partial charge in [-0.05, 0) is 32.2 Å². The molecule has 3 rings (SSSR count). The molecule has 3 aromatic rings. The molecule has 0 saturated heterocycles. The Labute approximate surface area is 144 Å². The zero-order valence-corrected chi connectivity index (χ0v) is 15.4. The van der Waals surface area contributed by atoms with Crippen LogP contribution in [0.15, 0.2) is 31.3 Å². The summed E-state index contributed by atoms with van der Waals surface area (Å²) >= 11 is 1.52. The van der Waals surface area contributed by atoms with Crippen molar-refractivity contribution in [3.05, 3.63) is 40.4 Å². The number of nitrogens with zero attached hydrogens (tertiary/aromatic N) is 3. The van der Waals surface area contributed by atoms with Gasteiger partial charge in [0.15, 0.2) is 5.76 Å². The van der Waals surface area contributed by atoms with Crippen molar-refractivity contribution in [3.8, 4) is 10.8 Å². The molecule has 0 saturated carbocycles. The van der Waals surface area contributed by atoms with E-state index >= 15 is 0 Å². The van der Waals surface area contributed by atoms with Crippen molar-refractivity contribution in [1.82, 2.24) is 14.4 Å². The summed E-state index contributed by atoms with van der Waals surface area (Å²) in [6.45, 7) is 5.06. The fraction of sp³-hybridized carbons (Fsp3) is 0.333. The van der Waals surface area contributed by atoms with E-state index in [0.717, 1.165) is 4.88 Å². The van der Waals surface area contributed by atoms with Gasteiger partial charge in [0.25, 0.3) is 0 Å². The number of rotatable bonds is 5. The third-order valence-electron chi connectivity index (χ3n) is 3.63. The summed E-state index contributed by atoms with van der Waals surface area (Å²) < 4.78 is 37.4. The Balaban J connectivity index is 1.89. The molecule has 0 aliphatic heterocycles. The van der Waals surface area contributed by atoms with Gasteiger partial charge in [0.05, 0.1) is 17.1 Å². The quantitative estimate of drug-likeness (QED) is 0.688. The highest BCUT2D eigenvalue weighted by Crippen LogP contribution is 2.28. The Kier molecular flexibility index (Phi) is 4.33. The molecule has 0 aromatic carbocycles. The summed E-state index contributed by atoms with van der Waals surface area (Å²) in [5.74, 6) is 1.37. The van der Waals surface area contributed by atoms with Crippen LogP contribution in [0.2, 0.25) is 0 Å². The molecule has 0 unspecified atom stereocenters. The van der Waals surface area contributed by atoms with Crippen LogP contribution in [0, 0.1) is 20.8 Å². The average Bonchev–Trinajstić information content (AvgIpc) is 3.21. The Bertz CT molecular complexity index is 936. The predicted octanol–water partition coefficient (Wildman–Crippen LogP) is 3.14. The fourth-order valence-corrected chi connectivity index (χ4v) is 4.44. The maximum absolute atomic E-state index is 12.8. The molecule has 7 nitrogen and oxygen atoms in total. The normalized spacial score (nSPS) is 12.2. The first-order valence-corrected chi connectivity index (χ1v) is 9.52. The van der Waals surface area contributed by atoms with Crippen LogP contribution in [0.1, 0.15) is 22.9 Å². The number of thiophene rings is 1. The Morgan fingerprint density at radius 3 is 2.58 bits per heavy atom. The fourth-order valence-electron chi connectivity index (χ4n) is 2.37. The van der Waals surface area contributed by atoms with Gasteiger partial charge in [-0.15, -0.1) is 11.3 Å². The van der Waals surface area contributed by atoms with E-state index in [1.807, 2.05) is 17.5 Å². The molecule has 0 aliphatic carbocycles. The number of aryl methyl sites for hydroxylation is 3. The van der Waals surface area contributed by atoms with E-state index in [9.17, 15) is 8.42 Å². The van der Waals surface area contributed by atoms with Crippen molar-refractivity contribution < 1.29 is 17.4 Å². The number of sulfonamides is 1. The van der Waals surface area contributed by atoms with Gasteiger partial charge >= 0.3 is 0 Å². The minimum absolute atomic E-state index is 0.102. The van der Waals surface area contributed by atoms with Gasteiger partial charge < -0.3 is 8.94 Å². The van der Waals surface area contributed by atoms with Crippen molar-refractivity contribution in [3.63, 3.8) is 0 Å². The van der Waals surface area contributed by atoms with Crippen LogP contribution >= 0.6 is 11.3 Å². The van der Waals surface area contributed by atoms with Crippen LogP contribution in [0.3, 0.4) is 0 Å². The first kappa shape index (κ1) is 16.9. The number of aromatic nitrogens is 2. The van der Waals surface area contributed by atoms with Gasteiger partial charge in [0, 0.05) is 7.05 Å². The molecule has 9 heteroatoms. The lowest BCUT2D eigenvalue weighted by molar-refractivity contribution is 0.389. The van der Waals surface area contributed by atoms with Crippen LogP contribution in [0.4, 0.5) is 0 Å².